The van der Waals surface area contributed by atoms with E-state index in [-0.39, 0.29) is 5.41 Å². The molecule has 4 rings (SSSR count). The van der Waals surface area contributed by atoms with Crippen LogP contribution in [0.4, 0.5) is 0 Å². The number of rotatable bonds is 2. The fraction of sp³-hybridized carbons (Fsp3) is 0.810. The van der Waals surface area contributed by atoms with Crippen LogP contribution in [0.2, 0.25) is 0 Å². The molecule has 0 N–H and O–H groups in total. The lowest BCUT2D eigenvalue weighted by atomic mass is 9.47. The molecule has 0 unspecified atom stereocenters. The minimum Gasteiger partial charge on any atom is -0.399 e. The Labute approximate surface area is 151 Å². The molecule has 0 aromatic carbocycles. The van der Waals surface area contributed by atoms with Gasteiger partial charge in [0.05, 0.1) is 11.4 Å². The molecule has 0 saturated heterocycles. The summed E-state index contributed by atoms with van der Waals surface area (Å²) in [6.07, 6.45) is 12.2. The van der Waals surface area contributed by atoms with Gasteiger partial charge in [0.15, 0.2) is 0 Å². The molecule has 0 bridgehead atoms. The summed E-state index contributed by atoms with van der Waals surface area (Å²) in [5.74, 6) is 2.44. The Kier molecular flexibility index (Phi) is 4.20. The molecule has 4 aliphatic rings. The van der Waals surface area contributed by atoms with Crippen LogP contribution in [0.1, 0.15) is 65.2 Å². The first-order valence-corrected chi connectivity index (χ1v) is 9.94. The van der Waals surface area contributed by atoms with Crippen LogP contribution in [-0.4, -0.2) is 25.6 Å². The van der Waals surface area contributed by atoms with Crippen LogP contribution in [0.25, 0.3) is 0 Å². The summed E-state index contributed by atoms with van der Waals surface area (Å²) in [5, 5.41) is 8.64. The zero-order valence-electron chi connectivity index (χ0n) is 16.2. The van der Waals surface area contributed by atoms with E-state index < -0.39 is 0 Å². The first-order valence-electron chi connectivity index (χ1n) is 9.94. The van der Waals surface area contributed by atoms with E-state index in [4.69, 9.17) is 9.68 Å². The van der Waals surface area contributed by atoms with Gasteiger partial charge >= 0.3 is 0 Å². The van der Waals surface area contributed by atoms with Crippen molar-refractivity contribution in [2.24, 2.45) is 38.9 Å². The molecule has 3 saturated carbocycles. The SMILES string of the molecule is CO/N=C1/C=C2CC[C@@H]3[C@H](CC[C@]4(C)/C(=N/OC)CC[C@@H]34)[C@@]2(C)CC1. The van der Waals surface area contributed by atoms with Crippen molar-refractivity contribution in [2.45, 2.75) is 65.2 Å². The second-order valence-electron chi connectivity index (χ2n) is 8.98. The van der Waals surface area contributed by atoms with Gasteiger partial charge in [0.1, 0.15) is 14.2 Å². The van der Waals surface area contributed by atoms with E-state index in [0.29, 0.717) is 5.41 Å². The highest BCUT2D eigenvalue weighted by atomic mass is 16.6. The van der Waals surface area contributed by atoms with Crippen molar-refractivity contribution < 1.29 is 9.68 Å². The van der Waals surface area contributed by atoms with Crippen molar-refractivity contribution in [1.82, 2.24) is 0 Å². The third-order valence-corrected chi connectivity index (χ3v) is 8.13. The van der Waals surface area contributed by atoms with Crippen molar-refractivity contribution in [2.75, 3.05) is 14.2 Å². The van der Waals surface area contributed by atoms with E-state index in [1.807, 2.05) is 0 Å². The maximum Gasteiger partial charge on any atom is 0.106 e. The topological polar surface area (TPSA) is 43.2 Å². The van der Waals surface area contributed by atoms with Crippen LogP contribution in [0.3, 0.4) is 0 Å². The molecular formula is C21H32N2O2. The zero-order valence-corrected chi connectivity index (χ0v) is 16.2. The third kappa shape index (κ3) is 2.47. The van der Waals surface area contributed by atoms with E-state index in [2.05, 4.69) is 30.2 Å². The third-order valence-electron chi connectivity index (χ3n) is 8.13. The van der Waals surface area contributed by atoms with Gasteiger partial charge in [0, 0.05) is 5.41 Å². The minimum absolute atomic E-state index is 0.270. The van der Waals surface area contributed by atoms with Crippen LogP contribution >= 0.6 is 0 Å². The average Bonchev–Trinajstić information content (AvgIpc) is 2.93. The molecule has 25 heavy (non-hydrogen) atoms. The Morgan fingerprint density at radius 1 is 0.880 bits per heavy atom. The van der Waals surface area contributed by atoms with Crippen molar-refractivity contribution in [1.29, 1.82) is 0 Å². The van der Waals surface area contributed by atoms with E-state index in [9.17, 15) is 0 Å². The van der Waals surface area contributed by atoms with Gasteiger partial charge in [-0.15, -0.1) is 0 Å². The Morgan fingerprint density at radius 3 is 2.40 bits per heavy atom. The lowest BCUT2D eigenvalue weighted by Crippen LogP contribution is -2.50. The van der Waals surface area contributed by atoms with Gasteiger partial charge in [-0.3, -0.25) is 0 Å². The van der Waals surface area contributed by atoms with Gasteiger partial charge in [-0.05, 0) is 80.6 Å². The van der Waals surface area contributed by atoms with Gasteiger partial charge in [0.2, 0.25) is 0 Å². The van der Waals surface area contributed by atoms with E-state index in [1.54, 1.807) is 19.8 Å². The number of nitrogens with zero attached hydrogens (tertiary/aromatic N) is 2. The van der Waals surface area contributed by atoms with Crippen LogP contribution in [-0.2, 0) is 9.68 Å². The Bertz CT molecular complexity index is 638. The zero-order chi connectivity index (χ0) is 17.7. The quantitative estimate of drug-likeness (QED) is 0.665. The fourth-order valence-corrected chi connectivity index (χ4v) is 6.81. The Morgan fingerprint density at radius 2 is 1.64 bits per heavy atom. The molecule has 0 heterocycles. The van der Waals surface area contributed by atoms with Gasteiger partial charge in [-0.25, -0.2) is 0 Å². The average molecular weight is 344 g/mol. The van der Waals surface area contributed by atoms with Crippen LogP contribution in [0, 0.1) is 28.6 Å². The standard InChI is InChI=1S/C21H32N2O2/c1-20-11-9-15(22-24-3)13-14(20)5-6-16-17-7-8-19(23-25-4)21(17,2)12-10-18(16)20/h13,16-18H,5-12H2,1-4H3/b22-15+,23-19+/t16-,17-,18-,20-,21-/m0/s1. The minimum atomic E-state index is 0.270. The second-order valence-corrected chi connectivity index (χ2v) is 8.98. The molecule has 138 valence electrons. The van der Waals surface area contributed by atoms with Gasteiger partial charge in [-0.1, -0.05) is 29.7 Å². The number of fused-ring (bicyclic) bond motifs is 5. The summed E-state index contributed by atoms with van der Waals surface area (Å²) in [5.41, 5.74) is 4.71. The molecule has 4 aliphatic carbocycles. The number of oxime groups is 2. The summed E-state index contributed by atoms with van der Waals surface area (Å²) < 4.78 is 0. The highest BCUT2D eigenvalue weighted by molar-refractivity contribution is 5.96. The number of hydrogen-bond acceptors (Lipinski definition) is 4. The van der Waals surface area contributed by atoms with Crippen molar-refractivity contribution >= 4 is 11.4 Å². The second kappa shape index (κ2) is 6.14. The highest BCUT2D eigenvalue weighted by Crippen LogP contribution is 2.64. The molecule has 5 atom stereocenters. The van der Waals surface area contributed by atoms with E-state index in [1.165, 1.54) is 44.2 Å². The summed E-state index contributed by atoms with van der Waals surface area (Å²) in [6.45, 7) is 4.98. The molecule has 0 aliphatic heterocycles. The number of hydrogen-bond donors (Lipinski definition) is 0. The monoisotopic (exact) mass is 344 g/mol. The van der Waals surface area contributed by atoms with Crippen LogP contribution in [0.5, 0.6) is 0 Å². The fourth-order valence-electron chi connectivity index (χ4n) is 6.81. The molecule has 0 aromatic rings. The lowest BCUT2D eigenvalue weighted by Gasteiger charge is -2.57. The summed E-state index contributed by atoms with van der Waals surface area (Å²) >= 11 is 0. The summed E-state index contributed by atoms with van der Waals surface area (Å²) in [4.78, 5) is 10.2. The molecule has 3 fully saturated rings. The maximum absolute atomic E-state index is 5.17. The van der Waals surface area contributed by atoms with Crippen molar-refractivity contribution in [3.05, 3.63) is 11.6 Å². The highest BCUT2D eigenvalue weighted by Gasteiger charge is 2.58. The molecule has 0 amide bonds. The Hall–Kier alpha value is -1.32. The predicted octanol–water partition coefficient (Wildman–Crippen LogP) is 4.95. The summed E-state index contributed by atoms with van der Waals surface area (Å²) in [7, 11) is 3.34. The smallest absolute Gasteiger partial charge is 0.106 e. The normalized spacial score (nSPS) is 46.2. The van der Waals surface area contributed by atoms with Crippen molar-refractivity contribution in [3.8, 4) is 0 Å². The molecule has 0 aromatic heterocycles. The lowest BCUT2D eigenvalue weighted by molar-refractivity contribution is -0.0163. The maximum atomic E-state index is 5.17. The molecule has 0 radical (unpaired) electrons. The van der Waals surface area contributed by atoms with Gasteiger partial charge < -0.3 is 9.68 Å². The molecule has 0 spiro atoms. The van der Waals surface area contributed by atoms with Crippen LogP contribution in [0.15, 0.2) is 22.0 Å². The first kappa shape index (κ1) is 17.1. The molecule has 4 nitrogen and oxygen atoms in total. The van der Waals surface area contributed by atoms with E-state index >= 15 is 0 Å². The largest absolute Gasteiger partial charge is 0.399 e. The van der Waals surface area contributed by atoms with Gasteiger partial charge in [-0.2, -0.15) is 0 Å². The van der Waals surface area contributed by atoms with Crippen LogP contribution < -0.4 is 0 Å². The summed E-state index contributed by atoms with van der Waals surface area (Å²) in [6, 6.07) is 0. The van der Waals surface area contributed by atoms with E-state index in [0.717, 1.165) is 36.3 Å². The van der Waals surface area contributed by atoms with Crippen molar-refractivity contribution in [3.63, 3.8) is 0 Å². The molecular weight excluding hydrogens is 312 g/mol. The molecule has 4 heteroatoms. The first-order chi connectivity index (χ1) is 12.0. The number of allylic oxidation sites excluding steroid dienone is 2. The van der Waals surface area contributed by atoms with Gasteiger partial charge in [0.25, 0.3) is 0 Å². The predicted molar refractivity (Wildman–Crippen MR) is 101 cm³/mol. The Balaban J connectivity index is 1.64.